The van der Waals surface area contributed by atoms with Gasteiger partial charge in [-0.1, -0.05) is 5.16 Å². The van der Waals surface area contributed by atoms with Crippen LogP contribution in [0, 0.1) is 0 Å². The maximum Gasteiger partial charge on any atom is 0.227 e. The molecular formula is C11H20N4O2. The Hall–Kier alpha value is -0.980. The molecule has 0 unspecified atom stereocenters. The minimum absolute atomic E-state index is 0.664. The van der Waals surface area contributed by atoms with Crippen LogP contribution in [-0.4, -0.2) is 54.4 Å². The van der Waals surface area contributed by atoms with Crippen LogP contribution in [0.25, 0.3) is 0 Å². The number of rotatable bonds is 6. The molecule has 96 valence electrons. The van der Waals surface area contributed by atoms with Crippen molar-refractivity contribution in [3.8, 4) is 0 Å². The Labute approximate surface area is 101 Å². The molecule has 1 fully saturated rings. The molecule has 1 aliphatic heterocycles. The zero-order chi connectivity index (χ0) is 11.9. The van der Waals surface area contributed by atoms with Gasteiger partial charge in [-0.2, -0.15) is 4.98 Å². The lowest BCUT2D eigenvalue weighted by Gasteiger charge is -2.25. The molecule has 0 saturated carbocycles. The lowest BCUT2D eigenvalue weighted by atomic mass is 10.3. The van der Waals surface area contributed by atoms with Crippen LogP contribution in [-0.2, 0) is 17.6 Å². The molecule has 6 heteroatoms. The summed E-state index contributed by atoms with van der Waals surface area (Å²) >= 11 is 0. The first kappa shape index (κ1) is 12.5. The highest BCUT2D eigenvalue weighted by atomic mass is 16.5. The molecule has 0 amide bonds. The fraction of sp³-hybridized carbons (Fsp3) is 0.818. The van der Waals surface area contributed by atoms with Crippen LogP contribution in [0.3, 0.4) is 0 Å². The second-order valence-corrected chi connectivity index (χ2v) is 4.20. The van der Waals surface area contributed by atoms with Gasteiger partial charge in [0.25, 0.3) is 0 Å². The Morgan fingerprint density at radius 3 is 2.82 bits per heavy atom. The molecule has 1 aromatic rings. The van der Waals surface area contributed by atoms with Crippen LogP contribution in [0.4, 0.5) is 0 Å². The number of hydrogen-bond donors (Lipinski definition) is 1. The molecule has 2 heterocycles. The maximum absolute atomic E-state index is 5.43. The van der Waals surface area contributed by atoms with E-state index >= 15 is 0 Å². The van der Waals surface area contributed by atoms with Crippen molar-refractivity contribution < 1.29 is 9.26 Å². The smallest absolute Gasteiger partial charge is 0.227 e. The Balaban J connectivity index is 1.72. The molecular weight excluding hydrogens is 220 g/mol. The number of nitrogens with zero attached hydrogens (tertiary/aromatic N) is 3. The first-order valence-electron chi connectivity index (χ1n) is 6.20. The highest BCUT2D eigenvalue weighted by Crippen LogP contribution is 2.03. The van der Waals surface area contributed by atoms with Crippen LogP contribution in [0.15, 0.2) is 4.52 Å². The molecule has 0 aliphatic carbocycles. The summed E-state index contributed by atoms with van der Waals surface area (Å²) in [5.74, 6) is 1.50. The number of nitrogens with two attached hydrogens (primary N) is 1. The largest absolute Gasteiger partial charge is 0.379 e. The third kappa shape index (κ3) is 4.07. The van der Waals surface area contributed by atoms with Crippen molar-refractivity contribution >= 4 is 0 Å². The van der Waals surface area contributed by atoms with E-state index in [0.717, 1.165) is 63.8 Å². The van der Waals surface area contributed by atoms with Crippen molar-refractivity contribution in [2.24, 2.45) is 5.73 Å². The zero-order valence-electron chi connectivity index (χ0n) is 10.1. The van der Waals surface area contributed by atoms with Crippen molar-refractivity contribution in [1.82, 2.24) is 15.0 Å². The van der Waals surface area contributed by atoms with Gasteiger partial charge in [0.2, 0.25) is 5.89 Å². The second-order valence-electron chi connectivity index (χ2n) is 4.20. The molecule has 0 radical (unpaired) electrons. The molecule has 1 aromatic heterocycles. The third-order valence-electron chi connectivity index (χ3n) is 2.86. The topological polar surface area (TPSA) is 77.4 Å². The van der Waals surface area contributed by atoms with Crippen LogP contribution in [0.1, 0.15) is 18.1 Å². The van der Waals surface area contributed by atoms with Gasteiger partial charge in [0.05, 0.1) is 13.2 Å². The molecule has 0 bridgehead atoms. The van der Waals surface area contributed by atoms with E-state index in [-0.39, 0.29) is 0 Å². The Morgan fingerprint density at radius 2 is 2.06 bits per heavy atom. The van der Waals surface area contributed by atoms with Crippen LogP contribution >= 0.6 is 0 Å². The first-order chi connectivity index (χ1) is 8.38. The van der Waals surface area contributed by atoms with Gasteiger partial charge in [-0.3, -0.25) is 4.90 Å². The van der Waals surface area contributed by atoms with Crippen molar-refractivity contribution in [3.63, 3.8) is 0 Å². The average Bonchev–Trinajstić information content (AvgIpc) is 2.83. The number of aryl methyl sites for hydroxylation is 1. The number of morpholine rings is 1. The first-order valence-corrected chi connectivity index (χ1v) is 6.20. The fourth-order valence-electron chi connectivity index (χ4n) is 1.83. The van der Waals surface area contributed by atoms with E-state index in [2.05, 4.69) is 15.0 Å². The molecule has 1 saturated heterocycles. The summed E-state index contributed by atoms with van der Waals surface area (Å²) in [5, 5.41) is 3.93. The zero-order valence-corrected chi connectivity index (χ0v) is 10.1. The van der Waals surface area contributed by atoms with Gasteiger partial charge in [-0.05, 0) is 13.0 Å². The van der Waals surface area contributed by atoms with E-state index in [0.29, 0.717) is 6.54 Å². The average molecular weight is 240 g/mol. The standard InChI is InChI=1S/C11H20N4O2/c12-4-1-2-10-13-11(17-14-10)3-5-15-6-8-16-9-7-15/h1-9,12H2. The van der Waals surface area contributed by atoms with Crippen molar-refractivity contribution in [2.45, 2.75) is 19.3 Å². The van der Waals surface area contributed by atoms with E-state index in [1.165, 1.54) is 0 Å². The molecule has 0 spiro atoms. The van der Waals surface area contributed by atoms with Gasteiger partial charge in [-0.15, -0.1) is 0 Å². The maximum atomic E-state index is 5.43. The van der Waals surface area contributed by atoms with E-state index in [1.54, 1.807) is 0 Å². The number of aromatic nitrogens is 2. The van der Waals surface area contributed by atoms with Crippen LogP contribution < -0.4 is 5.73 Å². The quantitative estimate of drug-likeness (QED) is 0.744. The summed E-state index contributed by atoms with van der Waals surface area (Å²) in [7, 11) is 0. The second kappa shape index (κ2) is 6.68. The monoisotopic (exact) mass is 240 g/mol. The van der Waals surface area contributed by atoms with E-state index < -0.39 is 0 Å². The van der Waals surface area contributed by atoms with Gasteiger partial charge in [0.1, 0.15) is 0 Å². The summed E-state index contributed by atoms with van der Waals surface area (Å²) in [6.45, 7) is 5.26. The normalized spacial score (nSPS) is 17.5. The summed E-state index contributed by atoms with van der Waals surface area (Å²) in [4.78, 5) is 6.70. The van der Waals surface area contributed by atoms with Gasteiger partial charge in [0.15, 0.2) is 5.82 Å². The summed E-state index contributed by atoms with van der Waals surface area (Å²) in [6.07, 6.45) is 2.52. The van der Waals surface area contributed by atoms with Crippen molar-refractivity contribution in [1.29, 1.82) is 0 Å². The van der Waals surface area contributed by atoms with E-state index in [1.807, 2.05) is 0 Å². The number of hydrogen-bond acceptors (Lipinski definition) is 6. The minimum atomic E-state index is 0.664. The molecule has 0 atom stereocenters. The Kier molecular flexibility index (Phi) is 4.90. The predicted molar refractivity (Wildman–Crippen MR) is 62.6 cm³/mol. The van der Waals surface area contributed by atoms with Crippen LogP contribution in [0.2, 0.25) is 0 Å². The lowest BCUT2D eigenvalue weighted by Crippen LogP contribution is -2.37. The highest BCUT2D eigenvalue weighted by molar-refractivity contribution is 4.87. The molecule has 17 heavy (non-hydrogen) atoms. The van der Waals surface area contributed by atoms with Crippen LogP contribution in [0.5, 0.6) is 0 Å². The fourth-order valence-corrected chi connectivity index (χ4v) is 1.83. The van der Waals surface area contributed by atoms with Gasteiger partial charge in [0, 0.05) is 32.5 Å². The molecule has 1 aliphatic rings. The third-order valence-corrected chi connectivity index (χ3v) is 2.86. The molecule has 6 nitrogen and oxygen atoms in total. The molecule has 0 aromatic carbocycles. The highest BCUT2D eigenvalue weighted by Gasteiger charge is 2.12. The minimum Gasteiger partial charge on any atom is -0.379 e. The SMILES string of the molecule is NCCCc1noc(CCN2CCOCC2)n1. The lowest BCUT2D eigenvalue weighted by molar-refractivity contribution is 0.0375. The Morgan fingerprint density at radius 1 is 1.24 bits per heavy atom. The number of ether oxygens (including phenoxy) is 1. The van der Waals surface area contributed by atoms with Gasteiger partial charge < -0.3 is 15.0 Å². The molecule has 2 rings (SSSR count). The Bertz CT molecular complexity index is 323. The summed E-state index contributed by atoms with van der Waals surface area (Å²) in [6, 6.07) is 0. The van der Waals surface area contributed by atoms with Gasteiger partial charge in [-0.25, -0.2) is 0 Å². The predicted octanol–water partition coefficient (Wildman–Crippen LogP) is -0.164. The molecule has 2 N–H and O–H groups in total. The van der Waals surface area contributed by atoms with Gasteiger partial charge >= 0.3 is 0 Å². The van der Waals surface area contributed by atoms with Crippen molar-refractivity contribution in [3.05, 3.63) is 11.7 Å². The van der Waals surface area contributed by atoms with E-state index in [4.69, 9.17) is 15.0 Å². The summed E-state index contributed by atoms with van der Waals surface area (Å²) < 4.78 is 10.5. The van der Waals surface area contributed by atoms with E-state index in [9.17, 15) is 0 Å². The summed E-state index contributed by atoms with van der Waals surface area (Å²) in [5.41, 5.74) is 5.43. The van der Waals surface area contributed by atoms with Crippen molar-refractivity contribution in [2.75, 3.05) is 39.4 Å².